The van der Waals surface area contributed by atoms with Crippen LogP contribution in [0.3, 0.4) is 0 Å². The maximum atomic E-state index is 12.2. The first kappa shape index (κ1) is 14.8. The van der Waals surface area contributed by atoms with Crippen LogP contribution in [0.1, 0.15) is 38.4 Å². The Morgan fingerprint density at radius 1 is 1.45 bits per heavy atom. The van der Waals surface area contributed by atoms with E-state index in [4.69, 9.17) is 5.11 Å². The van der Waals surface area contributed by atoms with Crippen molar-refractivity contribution in [3.63, 3.8) is 0 Å². The van der Waals surface area contributed by atoms with E-state index in [-0.39, 0.29) is 30.8 Å². The van der Waals surface area contributed by atoms with E-state index in [1.807, 2.05) is 6.92 Å². The van der Waals surface area contributed by atoms with Gasteiger partial charge in [0, 0.05) is 25.6 Å². The monoisotopic (exact) mass is 282 g/mol. The molecule has 0 saturated heterocycles. The number of carbonyl (C=O) groups is 1. The number of rotatable bonds is 5. The number of aromatic nitrogens is 3. The van der Waals surface area contributed by atoms with Crippen LogP contribution < -0.4 is 11.0 Å². The number of aliphatic hydroxyl groups is 1. The third kappa shape index (κ3) is 3.47. The van der Waals surface area contributed by atoms with Gasteiger partial charge in [0.2, 0.25) is 5.91 Å². The topological polar surface area (TPSA) is 89.2 Å². The smallest absolute Gasteiger partial charge is 0.346 e. The molecule has 1 aliphatic rings. The first-order chi connectivity index (χ1) is 9.61. The third-order valence-corrected chi connectivity index (χ3v) is 3.54. The summed E-state index contributed by atoms with van der Waals surface area (Å²) in [6.07, 6.45) is 4.43. The summed E-state index contributed by atoms with van der Waals surface area (Å²) in [7, 11) is 0. The van der Waals surface area contributed by atoms with Crippen molar-refractivity contribution in [3.8, 4) is 0 Å². The summed E-state index contributed by atoms with van der Waals surface area (Å²) in [5, 5.41) is 15.8. The molecule has 1 atom stereocenters. The normalized spacial score (nSPS) is 16.3. The first-order valence-corrected chi connectivity index (χ1v) is 7.18. The van der Waals surface area contributed by atoms with Crippen LogP contribution in [0.2, 0.25) is 0 Å². The summed E-state index contributed by atoms with van der Waals surface area (Å²) in [5.74, 6) is 0.532. The average molecular weight is 282 g/mol. The van der Waals surface area contributed by atoms with Crippen LogP contribution in [0.25, 0.3) is 0 Å². The van der Waals surface area contributed by atoms with Crippen LogP contribution in [0, 0.1) is 0 Å². The highest BCUT2D eigenvalue weighted by Gasteiger charge is 2.17. The Bertz CT molecular complexity index is 520. The molecule has 7 nitrogen and oxygen atoms in total. The second kappa shape index (κ2) is 6.69. The van der Waals surface area contributed by atoms with Crippen molar-refractivity contribution in [2.45, 2.75) is 58.2 Å². The predicted molar refractivity (Wildman–Crippen MR) is 73.3 cm³/mol. The van der Waals surface area contributed by atoms with Gasteiger partial charge in [-0.05, 0) is 26.2 Å². The van der Waals surface area contributed by atoms with E-state index in [0.717, 1.165) is 31.5 Å². The van der Waals surface area contributed by atoms with Gasteiger partial charge in [0.15, 0.2) is 0 Å². The van der Waals surface area contributed by atoms with Crippen LogP contribution in [0.15, 0.2) is 4.79 Å². The molecule has 0 aromatic carbocycles. The van der Waals surface area contributed by atoms with Crippen molar-refractivity contribution in [2.24, 2.45) is 0 Å². The predicted octanol–water partition coefficient (Wildman–Crippen LogP) is -0.342. The van der Waals surface area contributed by atoms with Crippen molar-refractivity contribution in [3.05, 3.63) is 16.3 Å². The minimum atomic E-state index is -0.249. The van der Waals surface area contributed by atoms with Gasteiger partial charge in [-0.3, -0.25) is 9.36 Å². The zero-order valence-corrected chi connectivity index (χ0v) is 11.8. The molecule has 0 aliphatic carbocycles. The minimum Gasteiger partial charge on any atom is -0.396 e. The highest BCUT2D eigenvalue weighted by atomic mass is 16.3. The molecule has 1 unspecified atom stereocenters. The van der Waals surface area contributed by atoms with Crippen molar-refractivity contribution < 1.29 is 9.90 Å². The van der Waals surface area contributed by atoms with Crippen LogP contribution in [0.4, 0.5) is 0 Å². The Hall–Kier alpha value is -1.63. The molecule has 1 aromatic heterocycles. The summed E-state index contributed by atoms with van der Waals surface area (Å²) in [6.45, 7) is 2.48. The number of fused-ring (bicyclic) bond motifs is 1. The lowest BCUT2D eigenvalue weighted by Gasteiger charge is -2.11. The third-order valence-electron chi connectivity index (χ3n) is 3.54. The van der Waals surface area contributed by atoms with E-state index < -0.39 is 0 Å². The van der Waals surface area contributed by atoms with Gasteiger partial charge in [0.05, 0.1) is 0 Å². The number of amides is 1. The molecule has 1 aromatic rings. The van der Waals surface area contributed by atoms with E-state index >= 15 is 0 Å². The van der Waals surface area contributed by atoms with E-state index in [9.17, 15) is 9.59 Å². The number of aliphatic hydroxyl groups excluding tert-OH is 1. The molecule has 7 heteroatoms. The van der Waals surface area contributed by atoms with Gasteiger partial charge in [-0.1, -0.05) is 6.42 Å². The number of nitrogens with one attached hydrogen (secondary N) is 1. The SMILES string of the molecule is CC(CCO)NC(=O)Cn1nc2n(c1=O)CCCCC2. The highest BCUT2D eigenvalue weighted by Crippen LogP contribution is 2.10. The lowest BCUT2D eigenvalue weighted by molar-refractivity contribution is -0.122. The maximum Gasteiger partial charge on any atom is 0.346 e. The van der Waals surface area contributed by atoms with E-state index in [1.54, 1.807) is 4.57 Å². The Kier molecular flexibility index (Phi) is 4.94. The summed E-state index contributed by atoms with van der Waals surface area (Å²) in [5.41, 5.74) is -0.202. The van der Waals surface area contributed by atoms with Gasteiger partial charge in [-0.15, -0.1) is 0 Å². The number of hydrogen-bond donors (Lipinski definition) is 2. The van der Waals surface area contributed by atoms with Gasteiger partial charge < -0.3 is 10.4 Å². The molecule has 0 fully saturated rings. The number of carbonyl (C=O) groups excluding carboxylic acids is 1. The lowest BCUT2D eigenvalue weighted by atomic mass is 10.2. The highest BCUT2D eigenvalue weighted by molar-refractivity contribution is 5.75. The van der Waals surface area contributed by atoms with Crippen molar-refractivity contribution in [2.75, 3.05) is 6.61 Å². The Morgan fingerprint density at radius 3 is 3.00 bits per heavy atom. The average Bonchev–Trinajstić information content (AvgIpc) is 2.58. The molecule has 0 saturated carbocycles. The zero-order valence-electron chi connectivity index (χ0n) is 11.8. The quantitative estimate of drug-likeness (QED) is 0.773. The molecule has 2 rings (SSSR count). The van der Waals surface area contributed by atoms with Crippen LogP contribution in [-0.4, -0.2) is 38.0 Å². The standard InChI is InChI=1S/C13H22N4O3/c1-10(6-8-18)14-12(19)9-17-13(20)16-7-4-2-3-5-11(16)15-17/h10,18H,2-9H2,1H3,(H,14,19). The fourth-order valence-electron chi connectivity index (χ4n) is 2.45. The molecule has 20 heavy (non-hydrogen) atoms. The molecule has 0 bridgehead atoms. The van der Waals surface area contributed by atoms with Gasteiger partial charge in [-0.2, -0.15) is 5.10 Å². The second-order valence-electron chi connectivity index (χ2n) is 5.30. The summed E-state index contributed by atoms with van der Waals surface area (Å²) in [6, 6.07) is -0.108. The van der Waals surface area contributed by atoms with E-state index in [0.29, 0.717) is 13.0 Å². The Morgan fingerprint density at radius 2 is 2.25 bits per heavy atom. The molecule has 1 aliphatic heterocycles. The van der Waals surface area contributed by atoms with Crippen LogP contribution in [0.5, 0.6) is 0 Å². The zero-order chi connectivity index (χ0) is 14.5. The summed E-state index contributed by atoms with van der Waals surface area (Å²) in [4.78, 5) is 24.0. The summed E-state index contributed by atoms with van der Waals surface area (Å²) >= 11 is 0. The van der Waals surface area contributed by atoms with Gasteiger partial charge in [0.1, 0.15) is 12.4 Å². The summed E-state index contributed by atoms with van der Waals surface area (Å²) < 4.78 is 2.92. The largest absolute Gasteiger partial charge is 0.396 e. The van der Waals surface area contributed by atoms with Gasteiger partial charge in [-0.25, -0.2) is 9.48 Å². The molecule has 0 radical (unpaired) electrons. The minimum absolute atomic E-state index is 0.0279. The number of aryl methyl sites for hydroxylation is 1. The molecule has 1 amide bonds. The lowest BCUT2D eigenvalue weighted by Crippen LogP contribution is -2.38. The van der Waals surface area contributed by atoms with E-state index in [2.05, 4.69) is 10.4 Å². The molecular formula is C13H22N4O3. The van der Waals surface area contributed by atoms with Crippen molar-refractivity contribution in [1.29, 1.82) is 0 Å². The fourth-order valence-corrected chi connectivity index (χ4v) is 2.45. The molecule has 112 valence electrons. The Labute approximate surface area is 117 Å². The van der Waals surface area contributed by atoms with E-state index in [1.165, 1.54) is 4.68 Å². The van der Waals surface area contributed by atoms with Gasteiger partial charge >= 0.3 is 5.69 Å². The second-order valence-corrected chi connectivity index (χ2v) is 5.30. The van der Waals surface area contributed by atoms with Crippen LogP contribution >= 0.6 is 0 Å². The molecule has 2 heterocycles. The molecule has 2 N–H and O–H groups in total. The molecule has 0 spiro atoms. The van der Waals surface area contributed by atoms with Crippen molar-refractivity contribution in [1.82, 2.24) is 19.7 Å². The number of nitrogens with zero attached hydrogens (tertiary/aromatic N) is 3. The Balaban J connectivity index is 2.03. The fraction of sp³-hybridized carbons (Fsp3) is 0.769. The molecular weight excluding hydrogens is 260 g/mol. The van der Waals surface area contributed by atoms with Gasteiger partial charge in [0.25, 0.3) is 0 Å². The maximum absolute atomic E-state index is 12.2. The van der Waals surface area contributed by atoms with Crippen molar-refractivity contribution >= 4 is 5.91 Å². The van der Waals surface area contributed by atoms with Crippen LogP contribution in [-0.2, 0) is 24.3 Å². The first-order valence-electron chi connectivity index (χ1n) is 7.18. The number of hydrogen-bond acceptors (Lipinski definition) is 4.